The lowest BCUT2D eigenvalue weighted by Gasteiger charge is -2.32. The van der Waals surface area contributed by atoms with Gasteiger partial charge in [0.1, 0.15) is 5.60 Å². The van der Waals surface area contributed by atoms with Crippen LogP contribution in [0.4, 0.5) is 10.5 Å². The quantitative estimate of drug-likeness (QED) is 0.869. The number of piperidine rings is 1. The molecule has 1 saturated heterocycles. The van der Waals surface area contributed by atoms with Crippen LogP contribution in [0.5, 0.6) is 0 Å². The number of rotatable bonds is 3. The van der Waals surface area contributed by atoms with Gasteiger partial charge in [-0.25, -0.2) is 9.48 Å². The molecule has 0 saturated carbocycles. The second-order valence-corrected chi connectivity index (χ2v) is 7.94. The molecule has 150 valence electrons. The van der Waals surface area contributed by atoms with E-state index in [1.165, 1.54) is 0 Å². The van der Waals surface area contributed by atoms with E-state index in [1.807, 2.05) is 45.0 Å². The lowest BCUT2D eigenvalue weighted by atomic mass is 9.96. The maximum atomic E-state index is 12.6. The fourth-order valence-electron chi connectivity index (χ4n) is 3.11. The molecule has 2 amide bonds. The zero-order valence-corrected chi connectivity index (χ0v) is 16.7. The Morgan fingerprint density at radius 2 is 1.93 bits per heavy atom. The molecule has 1 fully saturated rings. The number of hydrogen-bond donors (Lipinski definition) is 1. The van der Waals surface area contributed by atoms with E-state index in [9.17, 15) is 9.59 Å². The summed E-state index contributed by atoms with van der Waals surface area (Å²) in [6, 6.07) is 7.42. The first kappa shape index (κ1) is 19.8. The molecule has 0 spiro atoms. The Balaban J connectivity index is 1.57. The highest BCUT2D eigenvalue weighted by Crippen LogP contribution is 2.23. The lowest BCUT2D eigenvalue weighted by Crippen LogP contribution is -2.43. The average molecular weight is 386 g/mol. The molecule has 1 aromatic carbocycles. The molecule has 1 aromatic heterocycles. The average Bonchev–Trinajstić information content (AvgIpc) is 3.06. The van der Waals surface area contributed by atoms with Gasteiger partial charge in [-0.2, -0.15) is 0 Å². The molecule has 2 heterocycles. The molecule has 1 N–H and O–H groups in total. The molecule has 3 rings (SSSR count). The zero-order valence-electron chi connectivity index (χ0n) is 16.7. The normalized spacial score (nSPS) is 15.4. The number of nitrogens with zero attached hydrogens (tertiary/aromatic N) is 5. The van der Waals surface area contributed by atoms with Crippen molar-refractivity contribution in [2.24, 2.45) is 13.0 Å². The lowest BCUT2D eigenvalue weighted by molar-refractivity contribution is -0.121. The minimum absolute atomic E-state index is 0.0444. The van der Waals surface area contributed by atoms with Gasteiger partial charge >= 0.3 is 6.09 Å². The van der Waals surface area contributed by atoms with Crippen LogP contribution in [-0.2, 0) is 16.6 Å². The summed E-state index contributed by atoms with van der Waals surface area (Å²) < 4.78 is 6.97. The Morgan fingerprint density at radius 1 is 1.21 bits per heavy atom. The van der Waals surface area contributed by atoms with Gasteiger partial charge in [0.2, 0.25) is 5.91 Å². The summed E-state index contributed by atoms with van der Waals surface area (Å²) in [6.07, 6.45) is 0.895. The van der Waals surface area contributed by atoms with Crippen molar-refractivity contribution in [2.45, 2.75) is 39.2 Å². The molecule has 0 radical (unpaired) electrons. The number of benzene rings is 1. The topological polar surface area (TPSA) is 102 Å². The molecular formula is C19H26N6O3. The molecular weight excluding hydrogens is 360 g/mol. The van der Waals surface area contributed by atoms with Gasteiger partial charge in [0.25, 0.3) is 0 Å². The molecule has 2 aromatic rings. The predicted octanol–water partition coefficient (Wildman–Crippen LogP) is 2.46. The van der Waals surface area contributed by atoms with Gasteiger partial charge in [0.05, 0.1) is 0 Å². The Kier molecular flexibility index (Phi) is 5.62. The summed E-state index contributed by atoms with van der Waals surface area (Å²) in [4.78, 5) is 26.5. The van der Waals surface area contributed by atoms with Gasteiger partial charge < -0.3 is 15.0 Å². The first-order valence-corrected chi connectivity index (χ1v) is 9.34. The summed E-state index contributed by atoms with van der Waals surface area (Å²) in [6.45, 7) is 6.55. The van der Waals surface area contributed by atoms with Crippen molar-refractivity contribution in [3.8, 4) is 11.4 Å². The van der Waals surface area contributed by atoms with E-state index >= 15 is 0 Å². The van der Waals surface area contributed by atoms with Crippen molar-refractivity contribution in [3.63, 3.8) is 0 Å². The number of ether oxygens (including phenoxy) is 1. The molecule has 9 nitrogen and oxygen atoms in total. The molecule has 1 aliphatic heterocycles. The van der Waals surface area contributed by atoms with Crippen molar-refractivity contribution in [3.05, 3.63) is 24.3 Å². The number of amides is 2. The molecule has 28 heavy (non-hydrogen) atoms. The summed E-state index contributed by atoms with van der Waals surface area (Å²) in [5.41, 5.74) is 0.999. The van der Waals surface area contributed by atoms with Gasteiger partial charge in [-0.1, -0.05) is 12.1 Å². The number of aromatic nitrogens is 4. The molecule has 0 aliphatic carbocycles. The van der Waals surface area contributed by atoms with E-state index in [-0.39, 0.29) is 17.9 Å². The third kappa shape index (κ3) is 4.85. The summed E-state index contributed by atoms with van der Waals surface area (Å²) in [7, 11) is 1.76. The molecule has 0 bridgehead atoms. The number of anilines is 1. The number of tetrazole rings is 1. The number of aryl methyl sites for hydroxylation is 1. The van der Waals surface area contributed by atoms with E-state index in [4.69, 9.17) is 4.74 Å². The van der Waals surface area contributed by atoms with E-state index in [0.29, 0.717) is 37.4 Å². The first-order chi connectivity index (χ1) is 13.2. The number of hydrogen-bond acceptors (Lipinski definition) is 6. The second-order valence-electron chi connectivity index (χ2n) is 7.94. The molecule has 0 unspecified atom stereocenters. The van der Waals surface area contributed by atoms with Crippen LogP contribution >= 0.6 is 0 Å². The highest BCUT2D eigenvalue weighted by atomic mass is 16.6. The predicted molar refractivity (Wildman–Crippen MR) is 103 cm³/mol. The fraction of sp³-hybridized carbons (Fsp3) is 0.526. The van der Waals surface area contributed by atoms with Crippen LogP contribution in [-0.4, -0.2) is 55.8 Å². The maximum absolute atomic E-state index is 12.6. The fourth-order valence-corrected chi connectivity index (χ4v) is 3.11. The van der Waals surface area contributed by atoms with Crippen LogP contribution in [0.1, 0.15) is 33.6 Å². The Morgan fingerprint density at radius 3 is 2.54 bits per heavy atom. The van der Waals surface area contributed by atoms with Crippen LogP contribution in [0.3, 0.4) is 0 Å². The number of likely N-dealkylation sites (tertiary alicyclic amines) is 1. The van der Waals surface area contributed by atoms with Gasteiger partial charge in [0.15, 0.2) is 5.82 Å². The number of carbonyl (C=O) groups is 2. The van der Waals surface area contributed by atoms with Gasteiger partial charge in [-0.3, -0.25) is 4.79 Å². The van der Waals surface area contributed by atoms with Crippen molar-refractivity contribution in [2.75, 3.05) is 18.4 Å². The van der Waals surface area contributed by atoms with E-state index in [1.54, 1.807) is 16.6 Å². The van der Waals surface area contributed by atoms with Gasteiger partial charge in [-0.05, 0) is 56.2 Å². The zero-order chi connectivity index (χ0) is 20.3. The van der Waals surface area contributed by atoms with E-state index in [0.717, 1.165) is 5.56 Å². The smallest absolute Gasteiger partial charge is 0.410 e. The van der Waals surface area contributed by atoms with Crippen LogP contribution in [0, 0.1) is 5.92 Å². The molecule has 0 atom stereocenters. The first-order valence-electron chi connectivity index (χ1n) is 9.34. The SMILES string of the molecule is Cn1nnnc1-c1cccc(NC(=O)C2CCN(C(=O)OC(C)(C)C)CC2)c1. The van der Waals surface area contributed by atoms with Crippen molar-refractivity contribution in [1.82, 2.24) is 25.1 Å². The summed E-state index contributed by atoms with van der Waals surface area (Å²) in [5, 5.41) is 14.4. The summed E-state index contributed by atoms with van der Waals surface area (Å²) >= 11 is 0. The monoisotopic (exact) mass is 386 g/mol. The van der Waals surface area contributed by atoms with Crippen LogP contribution in [0.2, 0.25) is 0 Å². The van der Waals surface area contributed by atoms with Crippen molar-refractivity contribution in [1.29, 1.82) is 0 Å². The van der Waals surface area contributed by atoms with Crippen LogP contribution in [0.15, 0.2) is 24.3 Å². The van der Waals surface area contributed by atoms with Crippen LogP contribution in [0.25, 0.3) is 11.4 Å². The Hall–Kier alpha value is -2.97. The second kappa shape index (κ2) is 7.95. The molecule has 1 aliphatic rings. The number of carbonyl (C=O) groups excluding carboxylic acids is 2. The molecule has 9 heteroatoms. The minimum Gasteiger partial charge on any atom is -0.444 e. The standard InChI is InChI=1S/C19H26N6O3/c1-19(2,3)28-18(27)25-10-8-13(9-11-25)17(26)20-15-7-5-6-14(12-15)16-21-22-23-24(16)4/h5-7,12-13H,8-11H2,1-4H3,(H,20,26). The largest absolute Gasteiger partial charge is 0.444 e. The van der Waals surface area contributed by atoms with E-state index < -0.39 is 5.60 Å². The highest BCUT2D eigenvalue weighted by Gasteiger charge is 2.30. The summed E-state index contributed by atoms with van der Waals surface area (Å²) in [5.74, 6) is 0.442. The van der Waals surface area contributed by atoms with Gasteiger partial charge in [0, 0.05) is 37.3 Å². The maximum Gasteiger partial charge on any atom is 0.410 e. The number of nitrogens with one attached hydrogen (secondary N) is 1. The van der Waals surface area contributed by atoms with E-state index in [2.05, 4.69) is 20.8 Å². The van der Waals surface area contributed by atoms with Crippen LogP contribution < -0.4 is 5.32 Å². The van der Waals surface area contributed by atoms with Gasteiger partial charge in [-0.15, -0.1) is 5.10 Å². The Bertz CT molecular complexity index is 849. The minimum atomic E-state index is -0.519. The van der Waals surface area contributed by atoms with Crippen molar-refractivity contribution >= 4 is 17.7 Å². The highest BCUT2D eigenvalue weighted by molar-refractivity contribution is 5.93. The van der Waals surface area contributed by atoms with Crippen molar-refractivity contribution < 1.29 is 14.3 Å². The third-order valence-electron chi connectivity index (χ3n) is 4.53. The third-order valence-corrected chi connectivity index (χ3v) is 4.53. The Labute approximate surface area is 164 Å².